The number of nitrogens with one attached hydrogen (secondary N) is 1. The van der Waals surface area contributed by atoms with Crippen molar-refractivity contribution in [1.29, 1.82) is 0 Å². The third-order valence-corrected chi connectivity index (χ3v) is 3.64. The SMILES string of the molecule is CCCOc1nc(NC)nc(N2CCCC(CC)C2)n1. The standard InChI is InChI=1S/C14H25N5O/c1-4-9-20-14-17-12(15-3)16-13(18-14)19-8-6-7-11(5-2)10-19/h11H,4-10H2,1-3H3,(H,15,16,17,18). The molecule has 0 aromatic carbocycles. The van der Waals surface area contributed by atoms with Crippen LogP contribution in [0.5, 0.6) is 6.01 Å². The Hall–Kier alpha value is -1.59. The molecule has 112 valence electrons. The van der Waals surface area contributed by atoms with Crippen LogP contribution in [0.15, 0.2) is 0 Å². The fourth-order valence-electron chi connectivity index (χ4n) is 2.44. The van der Waals surface area contributed by atoms with Crippen molar-refractivity contribution in [3.05, 3.63) is 0 Å². The van der Waals surface area contributed by atoms with Crippen LogP contribution in [0.25, 0.3) is 0 Å². The molecule has 1 unspecified atom stereocenters. The number of piperidine rings is 1. The van der Waals surface area contributed by atoms with Gasteiger partial charge in [0.25, 0.3) is 0 Å². The van der Waals surface area contributed by atoms with E-state index in [4.69, 9.17) is 4.74 Å². The summed E-state index contributed by atoms with van der Waals surface area (Å²) in [6.07, 6.45) is 4.65. The molecular formula is C14H25N5O. The van der Waals surface area contributed by atoms with E-state index in [1.165, 1.54) is 19.3 Å². The molecule has 1 aliphatic heterocycles. The molecule has 1 aliphatic rings. The molecule has 20 heavy (non-hydrogen) atoms. The van der Waals surface area contributed by atoms with Crippen LogP contribution in [0.1, 0.15) is 39.5 Å². The molecule has 6 heteroatoms. The minimum atomic E-state index is 0.417. The molecular weight excluding hydrogens is 254 g/mol. The van der Waals surface area contributed by atoms with Gasteiger partial charge in [0.05, 0.1) is 6.61 Å². The second-order valence-electron chi connectivity index (χ2n) is 5.20. The van der Waals surface area contributed by atoms with E-state index in [0.29, 0.717) is 18.6 Å². The van der Waals surface area contributed by atoms with E-state index in [9.17, 15) is 0 Å². The molecule has 1 N–H and O–H groups in total. The van der Waals surface area contributed by atoms with E-state index in [1.807, 2.05) is 7.05 Å². The molecule has 2 rings (SSSR count). The van der Waals surface area contributed by atoms with E-state index >= 15 is 0 Å². The van der Waals surface area contributed by atoms with E-state index in [0.717, 1.165) is 31.4 Å². The zero-order chi connectivity index (χ0) is 14.4. The van der Waals surface area contributed by atoms with Crippen LogP contribution in [0.3, 0.4) is 0 Å². The molecule has 0 radical (unpaired) electrons. The number of aromatic nitrogens is 3. The highest BCUT2D eigenvalue weighted by Crippen LogP contribution is 2.24. The van der Waals surface area contributed by atoms with Crippen LogP contribution in [-0.2, 0) is 0 Å². The minimum Gasteiger partial charge on any atom is -0.463 e. The molecule has 1 atom stereocenters. The molecule has 0 saturated carbocycles. The van der Waals surface area contributed by atoms with Crippen molar-refractivity contribution in [3.63, 3.8) is 0 Å². The quantitative estimate of drug-likeness (QED) is 0.862. The normalized spacial score (nSPS) is 18.9. The van der Waals surface area contributed by atoms with Gasteiger partial charge in [-0.15, -0.1) is 0 Å². The van der Waals surface area contributed by atoms with E-state index < -0.39 is 0 Å². The number of rotatable bonds is 6. The number of hydrogen-bond donors (Lipinski definition) is 1. The summed E-state index contributed by atoms with van der Waals surface area (Å²) in [6.45, 7) is 6.98. The summed E-state index contributed by atoms with van der Waals surface area (Å²) in [5.74, 6) is 2.03. The van der Waals surface area contributed by atoms with Gasteiger partial charge in [0.1, 0.15) is 0 Å². The van der Waals surface area contributed by atoms with E-state index in [2.05, 4.69) is 39.0 Å². The Morgan fingerprint density at radius 2 is 2.15 bits per heavy atom. The molecule has 6 nitrogen and oxygen atoms in total. The van der Waals surface area contributed by atoms with Crippen LogP contribution in [-0.4, -0.2) is 41.7 Å². The fourth-order valence-corrected chi connectivity index (χ4v) is 2.44. The van der Waals surface area contributed by atoms with E-state index in [1.54, 1.807) is 0 Å². The third kappa shape index (κ3) is 3.71. The number of ether oxygens (including phenoxy) is 1. The van der Waals surface area contributed by atoms with Gasteiger partial charge < -0.3 is 15.0 Å². The van der Waals surface area contributed by atoms with Gasteiger partial charge in [-0.05, 0) is 25.2 Å². The molecule has 0 bridgehead atoms. The first kappa shape index (κ1) is 14.8. The van der Waals surface area contributed by atoms with E-state index in [-0.39, 0.29) is 0 Å². The Labute approximate surface area is 121 Å². The van der Waals surface area contributed by atoms with Gasteiger partial charge in [-0.1, -0.05) is 20.3 Å². The van der Waals surface area contributed by atoms with Gasteiger partial charge in [0.2, 0.25) is 11.9 Å². The van der Waals surface area contributed by atoms with Crippen LogP contribution in [0.4, 0.5) is 11.9 Å². The lowest BCUT2D eigenvalue weighted by Crippen LogP contribution is -2.36. The molecule has 0 spiro atoms. The monoisotopic (exact) mass is 279 g/mol. The summed E-state index contributed by atoms with van der Waals surface area (Å²) in [5.41, 5.74) is 0. The average Bonchev–Trinajstić information content (AvgIpc) is 2.52. The molecule has 1 aromatic rings. The highest BCUT2D eigenvalue weighted by molar-refractivity contribution is 5.38. The Bertz CT molecular complexity index is 426. The lowest BCUT2D eigenvalue weighted by atomic mass is 9.96. The maximum Gasteiger partial charge on any atom is 0.323 e. The summed E-state index contributed by atoms with van der Waals surface area (Å²) in [6, 6.07) is 0.417. The lowest BCUT2D eigenvalue weighted by Gasteiger charge is -2.32. The average molecular weight is 279 g/mol. The van der Waals surface area contributed by atoms with Crippen molar-refractivity contribution < 1.29 is 4.74 Å². The van der Waals surface area contributed by atoms with Crippen LogP contribution < -0.4 is 15.0 Å². The largest absolute Gasteiger partial charge is 0.463 e. The number of nitrogens with zero attached hydrogens (tertiary/aromatic N) is 4. The summed E-state index contributed by atoms with van der Waals surface area (Å²) in [4.78, 5) is 15.4. The van der Waals surface area contributed by atoms with Gasteiger partial charge >= 0.3 is 6.01 Å². The molecule has 0 amide bonds. The third-order valence-electron chi connectivity index (χ3n) is 3.64. The summed E-state index contributed by atoms with van der Waals surface area (Å²) in [7, 11) is 1.81. The minimum absolute atomic E-state index is 0.417. The van der Waals surface area contributed by atoms with Gasteiger partial charge in [-0.3, -0.25) is 0 Å². The Morgan fingerprint density at radius 3 is 2.85 bits per heavy atom. The van der Waals surface area contributed by atoms with Crippen molar-refractivity contribution in [2.45, 2.75) is 39.5 Å². The summed E-state index contributed by atoms with van der Waals surface area (Å²) >= 11 is 0. The van der Waals surface area contributed by atoms with Gasteiger partial charge in [0.15, 0.2) is 0 Å². The molecule has 1 aromatic heterocycles. The Morgan fingerprint density at radius 1 is 1.30 bits per heavy atom. The van der Waals surface area contributed by atoms with Crippen molar-refractivity contribution in [2.24, 2.45) is 5.92 Å². The molecule has 1 fully saturated rings. The first-order chi connectivity index (χ1) is 9.76. The van der Waals surface area contributed by atoms with Gasteiger partial charge in [-0.2, -0.15) is 15.0 Å². The topological polar surface area (TPSA) is 63.2 Å². The summed E-state index contributed by atoms with van der Waals surface area (Å²) < 4.78 is 5.55. The number of anilines is 2. The van der Waals surface area contributed by atoms with Gasteiger partial charge in [-0.25, -0.2) is 0 Å². The van der Waals surface area contributed by atoms with Crippen molar-refractivity contribution >= 4 is 11.9 Å². The second-order valence-corrected chi connectivity index (χ2v) is 5.20. The molecule has 0 aliphatic carbocycles. The predicted octanol–water partition coefficient (Wildman–Crippen LogP) is 2.33. The number of hydrogen-bond acceptors (Lipinski definition) is 6. The Balaban J connectivity index is 2.16. The highest BCUT2D eigenvalue weighted by Gasteiger charge is 2.21. The molecule has 2 heterocycles. The first-order valence-electron chi connectivity index (χ1n) is 7.58. The second kappa shape index (κ2) is 7.26. The van der Waals surface area contributed by atoms with Crippen molar-refractivity contribution in [1.82, 2.24) is 15.0 Å². The lowest BCUT2D eigenvalue weighted by molar-refractivity contribution is 0.291. The van der Waals surface area contributed by atoms with Crippen molar-refractivity contribution in [3.8, 4) is 6.01 Å². The Kier molecular flexibility index (Phi) is 5.38. The zero-order valence-electron chi connectivity index (χ0n) is 12.7. The highest BCUT2D eigenvalue weighted by atomic mass is 16.5. The van der Waals surface area contributed by atoms with Crippen molar-refractivity contribution in [2.75, 3.05) is 37.0 Å². The predicted molar refractivity (Wildman–Crippen MR) is 80.4 cm³/mol. The zero-order valence-corrected chi connectivity index (χ0v) is 12.7. The molecule has 1 saturated heterocycles. The summed E-state index contributed by atoms with van der Waals surface area (Å²) in [5, 5.41) is 2.98. The first-order valence-corrected chi connectivity index (χ1v) is 7.58. The van der Waals surface area contributed by atoms with Gasteiger partial charge in [0, 0.05) is 20.1 Å². The van der Waals surface area contributed by atoms with Crippen LogP contribution >= 0.6 is 0 Å². The van der Waals surface area contributed by atoms with Crippen LogP contribution in [0, 0.1) is 5.92 Å². The smallest absolute Gasteiger partial charge is 0.323 e. The fraction of sp³-hybridized carbons (Fsp3) is 0.786. The maximum absolute atomic E-state index is 5.55. The maximum atomic E-state index is 5.55. The van der Waals surface area contributed by atoms with Crippen LogP contribution in [0.2, 0.25) is 0 Å².